The SMILES string of the molecule is CC(C)C1CCC(OCCN2CCCCC2)CC1. The van der Waals surface area contributed by atoms with E-state index in [0.717, 1.165) is 25.0 Å². The third kappa shape index (κ3) is 4.55. The summed E-state index contributed by atoms with van der Waals surface area (Å²) in [4.78, 5) is 2.57. The van der Waals surface area contributed by atoms with E-state index in [9.17, 15) is 0 Å². The summed E-state index contributed by atoms with van der Waals surface area (Å²) in [5, 5.41) is 0. The number of hydrogen-bond donors (Lipinski definition) is 0. The van der Waals surface area contributed by atoms with Crippen molar-refractivity contribution in [3.63, 3.8) is 0 Å². The molecule has 0 aromatic rings. The van der Waals surface area contributed by atoms with Gasteiger partial charge >= 0.3 is 0 Å². The number of piperidine rings is 1. The number of hydrogen-bond acceptors (Lipinski definition) is 2. The van der Waals surface area contributed by atoms with Gasteiger partial charge in [0.2, 0.25) is 0 Å². The first-order valence-electron chi connectivity index (χ1n) is 8.09. The summed E-state index contributed by atoms with van der Waals surface area (Å²) in [6, 6.07) is 0. The van der Waals surface area contributed by atoms with Gasteiger partial charge in [-0.05, 0) is 63.5 Å². The lowest BCUT2D eigenvalue weighted by Gasteiger charge is -2.32. The summed E-state index contributed by atoms with van der Waals surface area (Å²) >= 11 is 0. The Morgan fingerprint density at radius 3 is 2.28 bits per heavy atom. The summed E-state index contributed by atoms with van der Waals surface area (Å²) in [5.74, 6) is 1.81. The van der Waals surface area contributed by atoms with Crippen molar-refractivity contribution in [3.05, 3.63) is 0 Å². The lowest BCUT2D eigenvalue weighted by molar-refractivity contribution is 0.00132. The van der Waals surface area contributed by atoms with Crippen LogP contribution in [0.1, 0.15) is 58.8 Å². The first kappa shape index (κ1) is 14.3. The summed E-state index contributed by atoms with van der Waals surface area (Å²) in [6.07, 6.45) is 10.1. The lowest BCUT2D eigenvalue weighted by Crippen LogP contribution is -2.34. The fourth-order valence-electron chi connectivity index (χ4n) is 3.45. The molecule has 0 radical (unpaired) electrons. The van der Waals surface area contributed by atoms with Crippen molar-refractivity contribution < 1.29 is 4.74 Å². The molecule has 18 heavy (non-hydrogen) atoms. The van der Waals surface area contributed by atoms with E-state index in [-0.39, 0.29) is 0 Å². The molecule has 1 heterocycles. The second-order valence-corrected chi connectivity index (χ2v) is 6.55. The van der Waals surface area contributed by atoms with Gasteiger partial charge in [-0.1, -0.05) is 20.3 Å². The monoisotopic (exact) mass is 253 g/mol. The van der Waals surface area contributed by atoms with Crippen LogP contribution in [0.5, 0.6) is 0 Å². The highest BCUT2D eigenvalue weighted by molar-refractivity contribution is 4.75. The Balaban J connectivity index is 1.55. The molecule has 0 amide bonds. The largest absolute Gasteiger partial charge is 0.377 e. The summed E-state index contributed by atoms with van der Waals surface area (Å²) in [5.41, 5.74) is 0. The van der Waals surface area contributed by atoms with E-state index in [1.165, 1.54) is 58.0 Å². The normalized spacial score (nSPS) is 30.8. The van der Waals surface area contributed by atoms with Crippen LogP contribution in [0.15, 0.2) is 0 Å². The average molecular weight is 253 g/mol. The van der Waals surface area contributed by atoms with Gasteiger partial charge in [0, 0.05) is 6.54 Å². The maximum atomic E-state index is 6.07. The smallest absolute Gasteiger partial charge is 0.0597 e. The molecule has 2 fully saturated rings. The predicted octanol–water partition coefficient (Wildman–Crippen LogP) is 3.70. The van der Waals surface area contributed by atoms with Gasteiger partial charge in [-0.25, -0.2) is 0 Å². The number of ether oxygens (including phenoxy) is 1. The summed E-state index contributed by atoms with van der Waals surface area (Å²) in [6.45, 7) is 9.43. The molecule has 0 unspecified atom stereocenters. The Morgan fingerprint density at radius 2 is 1.67 bits per heavy atom. The van der Waals surface area contributed by atoms with Gasteiger partial charge in [-0.3, -0.25) is 0 Å². The van der Waals surface area contributed by atoms with Gasteiger partial charge in [-0.15, -0.1) is 0 Å². The fourth-order valence-corrected chi connectivity index (χ4v) is 3.45. The van der Waals surface area contributed by atoms with Gasteiger partial charge in [-0.2, -0.15) is 0 Å². The van der Waals surface area contributed by atoms with E-state index in [0.29, 0.717) is 6.10 Å². The van der Waals surface area contributed by atoms with Crippen LogP contribution in [0.4, 0.5) is 0 Å². The third-order valence-corrected chi connectivity index (χ3v) is 4.87. The van der Waals surface area contributed by atoms with Gasteiger partial charge in [0.25, 0.3) is 0 Å². The van der Waals surface area contributed by atoms with Crippen LogP contribution in [0.3, 0.4) is 0 Å². The number of rotatable bonds is 5. The molecule has 0 bridgehead atoms. The number of likely N-dealkylation sites (tertiary alicyclic amines) is 1. The topological polar surface area (TPSA) is 12.5 Å². The Labute approximate surface area is 113 Å². The Morgan fingerprint density at radius 1 is 1.00 bits per heavy atom. The second kappa shape index (κ2) is 7.49. The van der Waals surface area contributed by atoms with Crippen molar-refractivity contribution in [2.45, 2.75) is 64.9 Å². The molecular formula is C16H31NO. The van der Waals surface area contributed by atoms with Crippen molar-refractivity contribution in [2.24, 2.45) is 11.8 Å². The molecule has 1 saturated carbocycles. The molecule has 1 aliphatic heterocycles. The molecular weight excluding hydrogens is 222 g/mol. The minimum Gasteiger partial charge on any atom is -0.377 e. The summed E-state index contributed by atoms with van der Waals surface area (Å²) < 4.78 is 6.07. The zero-order valence-electron chi connectivity index (χ0n) is 12.4. The maximum absolute atomic E-state index is 6.07. The van der Waals surface area contributed by atoms with Crippen LogP contribution in [-0.2, 0) is 4.74 Å². The molecule has 2 heteroatoms. The van der Waals surface area contributed by atoms with Crippen LogP contribution in [0, 0.1) is 11.8 Å². The van der Waals surface area contributed by atoms with Gasteiger partial charge in [0.05, 0.1) is 12.7 Å². The molecule has 1 aliphatic carbocycles. The van der Waals surface area contributed by atoms with Crippen LogP contribution in [0.2, 0.25) is 0 Å². The van der Waals surface area contributed by atoms with E-state index < -0.39 is 0 Å². The molecule has 2 aliphatic rings. The highest BCUT2D eigenvalue weighted by Crippen LogP contribution is 2.31. The molecule has 0 aromatic carbocycles. The van der Waals surface area contributed by atoms with E-state index in [1.54, 1.807) is 0 Å². The van der Waals surface area contributed by atoms with Crippen LogP contribution in [-0.4, -0.2) is 37.2 Å². The quantitative estimate of drug-likeness (QED) is 0.740. The van der Waals surface area contributed by atoms with E-state index in [4.69, 9.17) is 4.74 Å². The van der Waals surface area contributed by atoms with Crippen LogP contribution in [0.25, 0.3) is 0 Å². The van der Waals surface area contributed by atoms with Gasteiger partial charge < -0.3 is 9.64 Å². The molecule has 0 N–H and O–H groups in total. The minimum atomic E-state index is 0.560. The first-order valence-corrected chi connectivity index (χ1v) is 8.09. The van der Waals surface area contributed by atoms with E-state index >= 15 is 0 Å². The van der Waals surface area contributed by atoms with Crippen LogP contribution < -0.4 is 0 Å². The zero-order chi connectivity index (χ0) is 12.8. The molecule has 0 spiro atoms. The highest BCUT2D eigenvalue weighted by atomic mass is 16.5. The van der Waals surface area contributed by atoms with E-state index in [2.05, 4.69) is 18.7 Å². The molecule has 2 rings (SSSR count). The van der Waals surface area contributed by atoms with Gasteiger partial charge in [0.15, 0.2) is 0 Å². The van der Waals surface area contributed by atoms with Crippen molar-refractivity contribution >= 4 is 0 Å². The lowest BCUT2D eigenvalue weighted by atomic mass is 9.80. The second-order valence-electron chi connectivity index (χ2n) is 6.55. The molecule has 0 aromatic heterocycles. The first-order chi connectivity index (χ1) is 8.75. The molecule has 2 nitrogen and oxygen atoms in total. The van der Waals surface area contributed by atoms with Gasteiger partial charge in [0.1, 0.15) is 0 Å². The van der Waals surface area contributed by atoms with Crippen molar-refractivity contribution in [2.75, 3.05) is 26.2 Å². The van der Waals surface area contributed by atoms with Crippen LogP contribution >= 0.6 is 0 Å². The standard InChI is InChI=1S/C16H31NO/c1-14(2)15-6-8-16(9-7-15)18-13-12-17-10-4-3-5-11-17/h14-16H,3-13H2,1-2H3. The molecule has 106 valence electrons. The predicted molar refractivity (Wildman–Crippen MR) is 76.8 cm³/mol. The van der Waals surface area contributed by atoms with E-state index in [1.807, 2.05) is 0 Å². The maximum Gasteiger partial charge on any atom is 0.0597 e. The van der Waals surface area contributed by atoms with Crippen molar-refractivity contribution in [1.29, 1.82) is 0 Å². The Hall–Kier alpha value is -0.0800. The molecule has 1 saturated heterocycles. The summed E-state index contributed by atoms with van der Waals surface area (Å²) in [7, 11) is 0. The minimum absolute atomic E-state index is 0.560. The molecule has 0 atom stereocenters. The fraction of sp³-hybridized carbons (Fsp3) is 1.00. The zero-order valence-corrected chi connectivity index (χ0v) is 12.4. The Kier molecular flexibility index (Phi) is 5.97. The average Bonchev–Trinajstić information content (AvgIpc) is 2.40. The number of nitrogens with zero attached hydrogens (tertiary/aromatic N) is 1. The third-order valence-electron chi connectivity index (χ3n) is 4.87. The van der Waals surface area contributed by atoms with Crippen molar-refractivity contribution in [1.82, 2.24) is 4.90 Å². The van der Waals surface area contributed by atoms with Crippen molar-refractivity contribution in [3.8, 4) is 0 Å². The highest BCUT2D eigenvalue weighted by Gasteiger charge is 2.23. The Bertz CT molecular complexity index is 215.